The molecule has 3 aromatic rings. The van der Waals surface area contributed by atoms with Gasteiger partial charge in [0, 0.05) is 32.8 Å². The Morgan fingerprint density at radius 2 is 0.857 bits per heavy atom. The number of benzene rings is 1. The summed E-state index contributed by atoms with van der Waals surface area (Å²) in [6.45, 7) is 24.9. The summed E-state index contributed by atoms with van der Waals surface area (Å²) in [5.74, 6) is -0.506. The second-order valence-electron chi connectivity index (χ2n) is 13.9. The van der Waals surface area contributed by atoms with Crippen LogP contribution >= 0.6 is 38.1 Å². The molecule has 12 heteroatoms. The quantitative estimate of drug-likeness (QED) is 0.241. The first-order valence-electron chi connectivity index (χ1n) is 13.1. The standard InChI is InChI=1S/C30H42N4O2.4ClH.2Pd/c1-27(2,3)21-17-23(29(7,8)9)33(31-21)25(35)19-14-13-15-20(16-19)26(36)34-24(30(10,11)12)18-22(32-34)28(4,5)6;;;;;;/h13-18H,1-12H3;4*1H;;/q;;;;;2*+2/p-4. The molecule has 0 aliphatic heterocycles. The van der Waals surface area contributed by atoms with Gasteiger partial charge in [0.15, 0.2) is 0 Å². The molecule has 0 radical (unpaired) electrons. The number of carbonyl (C=O) groups is 2. The van der Waals surface area contributed by atoms with Crippen LogP contribution in [0.5, 0.6) is 0 Å². The maximum absolute atomic E-state index is 13.7. The Morgan fingerprint density at radius 1 is 0.571 bits per heavy atom. The van der Waals surface area contributed by atoms with E-state index < -0.39 is 0 Å². The molecule has 6 nitrogen and oxygen atoms in total. The molecule has 242 valence electrons. The van der Waals surface area contributed by atoms with Gasteiger partial charge in [-0.1, -0.05) is 89.2 Å². The molecule has 0 atom stereocenters. The Bertz CT molecular complexity index is 1260. The summed E-state index contributed by atoms with van der Waals surface area (Å²) in [7, 11) is 19.3. The molecule has 2 aromatic heterocycles. The third-order valence-corrected chi connectivity index (χ3v) is 6.23. The van der Waals surface area contributed by atoms with Crippen molar-refractivity contribution in [2.75, 3.05) is 0 Å². The fourth-order valence-electron chi connectivity index (χ4n) is 3.90. The van der Waals surface area contributed by atoms with E-state index in [0.717, 1.165) is 22.8 Å². The Hall–Kier alpha value is -0.535. The van der Waals surface area contributed by atoms with Crippen LogP contribution in [0.2, 0.25) is 0 Å². The van der Waals surface area contributed by atoms with Crippen LogP contribution in [0.15, 0.2) is 36.4 Å². The van der Waals surface area contributed by atoms with Gasteiger partial charge in [0.2, 0.25) is 0 Å². The zero-order chi connectivity index (χ0) is 32.8. The Kier molecular flexibility index (Phi) is 14.7. The molecule has 1 aromatic carbocycles. The summed E-state index contributed by atoms with van der Waals surface area (Å²) in [5, 5.41) is 9.40. The second-order valence-corrected chi connectivity index (χ2v) is 18.7. The van der Waals surface area contributed by atoms with E-state index in [0.29, 0.717) is 11.1 Å². The van der Waals surface area contributed by atoms with Crippen molar-refractivity contribution in [2.24, 2.45) is 0 Å². The number of aromatic nitrogens is 4. The van der Waals surface area contributed by atoms with E-state index in [1.165, 1.54) is 9.36 Å². The van der Waals surface area contributed by atoms with Crippen LogP contribution in [0.1, 0.15) is 127 Å². The van der Waals surface area contributed by atoms with E-state index in [1.54, 1.807) is 24.3 Å². The van der Waals surface area contributed by atoms with Crippen molar-refractivity contribution in [1.82, 2.24) is 19.6 Å². The molecule has 0 saturated carbocycles. The molecular formula is C30H42Cl4N4O2Pd2. The van der Waals surface area contributed by atoms with Crippen LogP contribution in [0, 0.1) is 0 Å². The zero-order valence-electron chi connectivity index (χ0n) is 26.2. The fraction of sp³-hybridized carbons (Fsp3) is 0.533. The van der Waals surface area contributed by atoms with E-state index in [9.17, 15) is 9.59 Å². The van der Waals surface area contributed by atoms with Crippen molar-refractivity contribution in [2.45, 2.75) is 105 Å². The molecular weight excluding hydrogens is 803 g/mol. The van der Waals surface area contributed by atoms with Crippen LogP contribution in [-0.4, -0.2) is 31.4 Å². The van der Waals surface area contributed by atoms with Gasteiger partial charge in [-0.25, -0.2) is 0 Å². The van der Waals surface area contributed by atoms with E-state index in [-0.39, 0.29) is 65.4 Å². The fourth-order valence-corrected chi connectivity index (χ4v) is 3.90. The summed E-state index contributed by atoms with van der Waals surface area (Å²) in [4.78, 5) is 27.4. The first kappa shape index (κ1) is 39.5. The van der Waals surface area contributed by atoms with Gasteiger partial charge in [0.05, 0.1) is 22.8 Å². The second kappa shape index (κ2) is 15.6. The average molecular weight is 845 g/mol. The molecule has 3 rings (SSSR count). The first-order valence-corrected chi connectivity index (χ1v) is 21.1. The molecule has 2 heterocycles. The van der Waals surface area contributed by atoms with E-state index in [4.69, 9.17) is 48.3 Å². The van der Waals surface area contributed by atoms with Gasteiger partial charge >= 0.3 is 70.0 Å². The van der Waals surface area contributed by atoms with Gasteiger partial charge in [-0.2, -0.15) is 19.6 Å². The van der Waals surface area contributed by atoms with Gasteiger partial charge < -0.3 is 0 Å². The Morgan fingerprint density at radius 3 is 1.10 bits per heavy atom. The molecule has 0 fully saturated rings. The van der Waals surface area contributed by atoms with Crippen molar-refractivity contribution in [1.29, 1.82) is 0 Å². The molecule has 0 bridgehead atoms. The summed E-state index contributed by atoms with van der Waals surface area (Å²) < 4.78 is 2.99. The first-order chi connectivity index (χ1) is 19.0. The molecule has 0 spiro atoms. The van der Waals surface area contributed by atoms with Crippen molar-refractivity contribution in [3.8, 4) is 0 Å². The van der Waals surface area contributed by atoms with Gasteiger partial charge in [-0.15, -0.1) is 0 Å². The number of rotatable bonds is 2. The number of carbonyl (C=O) groups excluding carboxylic acids is 2. The number of hydrogen-bond acceptors (Lipinski definition) is 4. The van der Waals surface area contributed by atoms with Crippen molar-refractivity contribution in [3.63, 3.8) is 0 Å². The number of halogens is 4. The molecule has 0 aliphatic rings. The Labute approximate surface area is 283 Å². The minimum atomic E-state index is -0.278. The number of nitrogens with zero attached hydrogens (tertiary/aromatic N) is 4. The summed E-state index contributed by atoms with van der Waals surface area (Å²) in [6, 6.07) is 10.9. The van der Waals surface area contributed by atoms with Crippen molar-refractivity contribution >= 4 is 49.9 Å². The van der Waals surface area contributed by atoms with Gasteiger partial charge in [0.25, 0.3) is 11.8 Å². The number of hydrogen-bond donors (Lipinski definition) is 0. The average Bonchev–Trinajstić information content (AvgIpc) is 3.50. The van der Waals surface area contributed by atoms with Crippen molar-refractivity contribution in [3.05, 3.63) is 70.3 Å². The molecule has 0 N–H and O–H groups in total. The SMILES string of the molecule is CC(C)(C)c1cc(C(C)(C)C)n(C(=O)c2cccc(C(=O)n3nc(C(C)(C)C)cc3C(C)(C)C)c2)n1.[Cl][Pd][Cl].[Cl][Pd][Cl]. The molecule has 0 aliphatic carbocycles. The predicted molar refractivity (Wildman–Crippen MR) is 169 cm³/mol. The Balaban J connectivity index is 0.00000135. The van der Waals surface area contributed by atoms with Gasteiger partial charge in [-0.3, -0.25) is 9.59 Å². The summed E-state index contributed by atoms with van der Waals surface area (Å²) in [5.41, 5.74) is 3.26. The van der Waals surface area contributed by atoms with Crippen molar-refractivity contribution < 1.29 is 41.5 Å². The van der Waals surface area contributed by atoms with E-state index >= 15 is 0 Å². The normalized spacial score (nSPS) is 12.4. The monoisotopic (exact) mass is 842 g/mol. The van der Waals surface area contributed by atoms with Crippen LogP contribution in [-0.2, 0) is 53.5 Å². The van der Waals surface area contributed by atoms with Crippen LogP contribution in [0.3, 0.4) is 0 Å². The molecule has 42 heavy (non-hydrogen) atoms. The minimum absolute atomic E-state index is 0.106. The van der Waals surface area contributed by atoms with Crippen LogP contribution in [0.25, 0.3) is 0 Å². The van der Waals surface area contributed by atoms with Gasteiger partial charge in [0.1, 0.15) is 0 Å². The van der Waals surface area contributed by atoms with E-state index in [1.807, 2.05) is 12.1 Å². The predicted octanol–water partition coefficient (Wildman–Crippen LogP) is 9.40. The summed E-state index contributed by atoms with van der Waals surface area (Å²) >= 11 is -0.211. The topological polar surface area (TPSA) is 69.8 Å². The van der Waals surface area contributed by atoms with Gasteiger partial charge in [-0.05, 0) is 30.3 Å². The maximum atomic E-state index is 13.7. The zero-order valence-corrected chi connectivity index (χ0v) is 32.3. The van der Waals surface area contributed by atoms with Crippen LogP contribution in [0.4, 0.5) is 0 Å². The third kappa shape index (κ3) is 10.8. The van der Waals surface area contributed by atoms with Crippen LogP contribution < -0.4 is 0 Å². The third-order valence-electron chi connectivity index (χ3n) is 6.23. The molecule has 0 saturated heterocycles. The molecule has 0 amide bonds. The summed E-state index contributed by atoms with van der Waals surface area (Å²) in [6.07, 6.45) is 0. The molecule has 0 unspecified atom stereocenters. The van der Waals surface area contributed by atoms with E-state index in [2.05, 4.69) is 83.1 Å².